The Bertz CT molecular complexity index is 1230. The van der Waals surface area contributed by atoms with Gasteiger partial charge < -0.3 is 19.5 Å². The first-order chi connectivity index (χ1) is 15.2. The second kappa shape index (κ2) is 9.27. The molecule has 2 aromatic carbocycles. The van der Waals surface area contributed by atoms with Crippen LogP contribution in [-0.4, -0.2) is 40.6 Å². The summed E-state index contributed by atoms with van der Waals surface area (Å²) in [5, 5.41) is 2.58. The number of aryl methyl sites for hydroxylation is 2. The predicted octanol–water partition coefficient (Wildman–Crippen LogP) is 3.81. The van der Waals surface area contributed by atoms with E-state index in [-0.39, 0.29) is 15.5 Å². The van der Waals surface area contributed by atoms with Gasteiger partial charge in [0, 0.05) is 24.0 Å². The average Bonchev–Trinajstić information content (AvgIpc) is 2.80. The number of anilines is 1. The highest BCUT2D eigenvalue weighted by atomic mass is 32.2. The highest BCUT2D eigenvalue weighted by molar-refractivity contribution is 7.91. The zero-order valence-corrected chi connectivity index (χ0v) is 19.2. The molecule has 0 bridgehead atoms. The summed E-state index contributed by atoms with van der Waals surface area (Å²) in [6, 6.07) is 10.8. The number of amides is 1. The molecule has 1 heterocycles. The summed E-state index contributed by atoms with van der Waals surface area (Å²) in [4.78, 5) is 16.8. The summed E-state index contributed by atoms with van der Waals surface area (Å²) in [7, 11) is 0.636. The van der Waals surface area contributed by atoms with E-state index in [1.54, 1.807) is 30.3 Å². The normalized spacial score (nSPS) is 11.0. The molecule has 1 N–H and O–H groups in total. The predicted molar refractivity (Wildman–Crippen MR) is 120 cm³/mol. The number of nitrogens with one attached hydrogen (secondary N) is 1. The average molecular weight is 457 g/mol. The van der Waals surface area contributed by atoms with Gasteiger partial charge in [-0.25, -0.2) is 13.4 Å². The van der Waals surface area contributed by atoms with E-state index in [1.165, 1.54) is 39.7 Å². The summed E-state index contributed by atoms with van der Waals surface area (Å²) in [5.74, 6) is 0.697. The molecule has 32 heavy (non-hydrogen) atoms. The molecular weight excluding hydrogens is 432 g/mol. The number of hydrogen-bond donors (Lipinski definition) is 1. The van der Waals surface area contributed by atoms with E-state index in [4.69, 9.17) is 14.2 Å². The van der Waals surface area contributed by atoms with Crippen molar-refractivity contribution in [1.82, 2.24) is 4.98 Å². The van der Waals surface area contributed by atoms with Crippen LogP contribution >= 0.6 is 0 Å². The van der Waals surface area contributed by atoms with Crippen molar-refractivity contribution in [3.8, 4) is 17.2 Å². The van der Waals surface area contributed by atoms with Crippen LogP contribution in [0.1, 0.15) is 21.5 Å². The summed E-state index contributed by atoms with van der Waals surface area (Å²) >= 11 is 0. The lowest BCUT2D eigenvalue weighted by Crippen LogP contribution is -2.13. The standard InChI is InChI=1S/C23H24N2O6S/c1-14-6-8-18(10-15(14)2)32(27,28)21-9-7-16(13-24-21)23(26)25-17-11-19(29-3)22(31-5)20(12-17)30-4/h6-13H,1-5H3,(H,25,26). The molecule has 0 saturated carbocycles. The van der Waals surface area contributed by atoms with Crippen molar-refractivity contribution in [3.05, 3.63) is 65.4 Å². The third-order valence-corrected chi connectivity index (χ3v) is 6.65. The van der Waals surface area contributed by atoms with Crippen molar-refractivity contribution >= 4 is 21.4 Å². The summed E-state index contributed by atoms with van der Waals surface area (Å²) < 4.78 is 41.6. The molecule has 0 spiro atoms. The molecule has 0 saturated heterocycles. The molecule has 0 aliphatic rings. The largest absolute Gasteiger partial charge is 0.493 e. The lowest BCUT2D eigenvalue weighted by molar-refractivity contribution is 0.102. The Morgan fingerprint density at radius 3 is 2.03 bits per heavy atom. The molecular formula is C23H24N2O6S. The first-order valence-corrected chi connectivity index (χ1v) is 11.1. The minimum absolute atomic E-state index is 0.134. The summed E-state index contributed by atoms with van der Waals surface area (Å²) in [5.41, 5.74) is 2.47. The Morgan fingerprint density at radius 1 is 0.875 bits per heavy atom. The van der Waals surface area contributed by atoms with E-state index in [1.807, 2.05) is 13.8 Å². The fourth-order valence-electron chi connectivity index (χ4n) is 3.03. The maximum absolute atomic E-state index is 12.9. The van der Waals surface area contributed by atoms with Gasteiger partial charge in [0.1, 0.15) is 0 Å². The van der Waals surface area contributed by atoms with Crippen molar-refractivity contribution in [2.24, 2.45) is 0 Å². The number of hydrogen-bond acceptors (Lipinski definition) is 7. The zero-order chi connectivity index (χ0) is 23.5. The molecule has 3 rings (SSSR count). The third kappa shape index (κ3) is 4.52. The number of ether oxygens (including phenoxy) is 3. The Hall–Kier alpha value is -3.59. The van der Waals surface area contributed by atoms with Crippen LogP contribution in [0.25, 0.3) is 0 Å². The maximum atomic E-state index is 12.9. The molecule has 0 atom stereocenters. The molecule has 1 amide bonds. The zero-order valence-electron chi connectivity index (χ0n) is 18.4. The van der Waals surface area contributed by atoms with Crippen molar-refractivity contribution in [1.29, 1.82) is 0 Å². The van der Waals surface area contributed by atoms with E-state index < -0.39 is 15.7 Å². The Labute approximate surface area is 187 Å². The quantitative estimate of drug-likeness (QED) is 0.576. The number of benzene rings is 2. The van der Waals surface area contributed by atoms with Gasteiger partial charge in [-0.05, 0) is 49.2 Å². The molecule has 0 aliphatic carbocycles. The van der Waals surface area contributed by atoms with Crippen molar-refractivity contribution < 1.29 is 27.4 Å². The number of carbonyl (C=O) groups excluding carboxylic acids is 1. The van der Waals surface area contributed by atoms with Gasteiger partial charge in [-0.1, -0.05) is 6.07 Å². The molecule has 168 valence electrons. The first-order valence-electron chi connectivity index (χ1n) is 9.61. The minimum atomic E-state index is -3.80. The maximum Gasteiger partial charge on any atom is 0.257 e. The molecule has 0 unspecified atom stereocenters. The van der Waals surface area contributed by atoms with Crippen molar-refractivity contribution in [2.45, 2.75) is 23.8 Å². The highest BCUT2D eigenvalue weighted by Gasteiger charge is 2.21. The van der Waals surface area contributed by atoms with Gasteiger partial charge in [-0.3, -0.25) is 4.79 Å². The molecule has 3 aromatic rings. The number of methoxy groups -OCH3 is 3. The SMILES string of the molecule is COc1cc(NC(=O)c2ccc(S(=O)(=O)c3ccc(C)c(C)c3)nc2)cc(OC)c1OC. The number of aromatic nitrogens is 1. The van der Waals surface area contributed by atoms with E-state index >= 15 is 0 Å². The van der Waals surface area contributed by atoms with E-state index in [2.05, 4.69) is 10.3 Å². The molecule has 9 heteroatoms. The molecule has 0 fully saturated rings. The number of sulfone groups is 1. The second-order valence-electron chi connectivity index (χ2n) is 7.00. The van der Waals surface area contributed by atoms with Gasteiger partial charge in [0.05, 0.1) is 31.8 Å². The Balaban J connectivity index is 1.85. The van der Waals surface area contributed by atoms with E-state index in [0.717, 1.165) is 11.1 Å². The van der Waals surface area contributed by atoms with Crippen LogP contribution in [0.2, 0.25) is 0 Å². The number of rotatable bonds is 7. The lowest BCUT2D eigenvalue weighted by atomic mass is 10.1. The second-order valence-corrected chi connectivity index (χ2v) is 8.90. The van der Waals surface area contributed by atoms with Gasteiger partial charge in [0.15, 0.2) is 16.5 Å². The molecule has 8 nitrogen and oxygen atoms in total. The smallest absolute Gasteiger partial charge is 0.257 e. The van der Waals surface area contributed by atoms with Crippen molar-refractivity contribution in [2.75, 3.05) is 26.6 Å². The van der Waals surface area contributed by atoms with Crippen molar-refractivity contribution in [3.63, 3.8) is 0 Å². The first kappa shape index (κ1) is 23.1. The van der Waals surface area contributed by atoms with Crippen LogP contribution in [0.4, 0.5) is 5.69 Å². The van der Waals surface area contributed by atoms with Crippen LogP contribution in [-0.2, 0) is 9.84 Å². The Kier molecular flexibility index (Phi) is 6.69. The number of nitrogens with zero attached hydrogens (tertiary/aromatic N) is 1. The topological polar surface area (TPSA) is 104 Å². The fourth-order valence-corrected chi connectivity index (χ4v) is 4.29. The Morgan fingerprint density at radius 2 is 1.53 bits per heavy atom. The van der Waals surface area contributed by atoms with Crippen LogP contribution < -0.4 is 19.5 Å². The van der Waals surface area contributed by atoms with Crippen LogP contribution in [0.5, 0.6) is 17.2 Å². The number of carbonyl (C=O) groups is 1. The molecule has 0 aliphatic heterocycles. The molecule has 1 aromatic heterocycles. The van der Waals surface area contributed by atoms with Crippen LogP contribution in [0.15, 0.2) is 58.6 Å². The number of pyridine rings is 1. The van der Waals surface area contributed by atoms with Gasteiger partial charge in [0.25, 0.3) is 5.91 Å². The highest BCUT2D eigenvalue weighted by Crippen LogP contribution is 2.40. The summed E-state index contributed by atoms with van der Waals surface area (Å²) in [6.07, 6.45) is 1.22. The van der Waals surface area contributed by atoms with E-state index in [0.29, 0.717) is 22.9 Å². The third-order valence-electron chi connectivity index (χ3n) is 4.99. The lowest BCUT2D eigenvalue weighted by Gasteiger charge is -2.14. The fraction of sp³-hybridized carbons (Fsp3) is 0.217. The van der Waals surface area contributed by atoms with Gasteiger partial charge in [-0.2, -0.15) is 0 Å². The van der Waals surface area contributed by atoms with E-state index in [9.17, 15) is 13.2 Å². The summed E-state index contributed by atoms with van der Waals surface area (Å²) in [6.45, 7) is 3.75. The van der Waals surface area contributed by atoms with Crippen LogP contribution in [0, 0.1) is 13.8 Å². The van der Waals surface area contributed by atoms with Gasteiger partial charge >= 0.3 is 0 Å². The van der Waals surface area contributed by atoms with Gasteiger partial charge in [0.2, 0.25) is 15.6 Å². The monoisotopic (exact) mass is 456 g/mol. The molecule has 0 radical (unpaired) electrons. The van der Waals surface area contributed by atoms with Crippen LogP contribution in [0.3, 0.4) is 0 Å². The van der Waals surface area contributed by atoms with Gasteiger partial charge in [-0.15, -0.1) is 0 Å². The minimum Gasteiger partial charge on any atom is -0.493 e.